The third-order valence-corrected chi connectivity index (χ3v) is 4.17. The van der Waals surface area contributed by atoms with Gasteiger partial charge in [0.25, 0.3) is 0 Å². The molecule has 2 heterocycles. The molecule has 0 saturated heterocycles. The number of carbonyl (C=O) groups is 1. The molecular formula is C13H13ClN2O2S. The molecule has 1 amide bonds. The molecule has 6 heteroatoms. The number of pyridine rings is 1. The minimum Gasteiger partial charge on any atom is -0.392 e. The van der Waals surface area contributed by atoms with Crippen LogP contribution < -0.4 is 5.32 Å². The molecule has 0 fully saturated rings. The van der Waals surface area contributed by atoms with E-state index in [1.54, 1.807) is 18.3 Å². The van der Waals surface area contributed by atoms with Gasteiger partial charge in [0.2, 0.25) is 5.91 Å². The quantitative estimate of drug-likeness (QED) is 0.911. The van der Waals surface area contributed by atoms with E-state index in [-0.39, 0.29) is 18.4 Å². The number of thiophene rings is 1. The molecule has 0 spiro atoms. The molecule has 0 bridgehead atoms. The van der Waals surface area contributed by atoms with Crippen LogP contribution in [0.3, 0.4) is 0 Å². The standard InChI is InChI=1S/C13H13ClN2O2S/c1-8(11-2-3-12(14)19-11)13(18)16-10-6-15-5-4-9(10)7-17/h2-6,8,17H,7H2,1H3,(H,16,18). The zero-order valence-corrected chi connectivity index (χ0v) is 11.8. The SMILES string of the molecule is CC(C(=O)Nc1cnccc1CO)c1ccc(Cl)s1. The molecule has 2 aromatic rings. The maximum absolute atomic E-state index is 12.1. The van der Waals surface area contributed by atoms with Crippen molar-refractivity contribution in [1.29, 1.82) is 0 Å². The number of nitrogens with one attached hydrogen (secondary N) is 1. The second-order valence-electron chi connectivity index (χ2n) is 4.04. The number of aliphatic hydroxyl groups excluding tert-OH is 1. The smallest absolute Gasteiger partial charge is 0.232 e. The number of nitrogens with zero attached hydrogens (tertiary/aromatic N) is 1. The Morgan fingerprint density at radius 3 is 2.95 bits per heavy atom. The maximum Gasteiger partial charge on any atom is 0.232 e. The normalized spacial score (nSPS) is 12.2. The van der Waals surface area contributed by atoms with Crippen LogP contribution in [-0.4, -0.2) is 16.0 Å². The highest BCUT2D eigenvalue weighted by molar-refractivity contribution is 7.16. The maximum atomic E-state index is 12.1. The first-order chi connectivity index (χ1) is 9.11. The Kier molecular flexibility index (Phi) is 4.52. The first-order valence-corrected chi connectivity index (χ1v) is 6.91. The monoisotopic (exact) mass is 296 g/mol. The molecule has 0 aromatic carbocycles. The van der Waals surface area contributed by atoms with Crippen LogP contribution in [0.2, 0.25) is 4.34 Å². The molecule has 2 rings (SSSR count). The van der Waals surface area contributed by atoms with E-state index < -0.39 is 0 Å². The number of aliphatic hydroxyl groups is 1. The van der Waals surface area contributed by atoms with Crippen molar-refractivity contribution < 1.29 is 9.90 Å². The van der Waals surface area contributed by atoms with Gasteiger partial charge in [0.05, 0.1) is 28.7 Å². The summed E-state index contributed by atoms with van der Waals surface area (Å²) in [4.78, 5) is 17.0. The molecule has 4 nitrogen and oxygen atoms in total. The Morgan fingerprint density at radius 1 is 1.53 bits per heavy atom. The average molecular weight is 297 g/mol. The van der Waals surface area contributed by atoms with Crippen LogP contribution in [0.4, 0.5) is 5.69 Å². The predicted molar refractivity (Wildman–Crippen MR) is 76.5 cm³/mol. The summed E-state index contributed by atoms with van der Waals surface area (Å²) in [6.07, 6.45) is 3.10. The molecule has 0 saturated carbocycles. The van der Waals surface area contributed by atoms with Crippen molar-refractivity contribution in [3.05, 3.63) is 45.4 Å². The molecule has 0 aliphatic carbocycles. The van der Waals surface area contributed by atoms with Crippen molar-refractivity contribution >= 4 is 34.5 Å². The molecule has 0 aliphatic heterocycles. The van der Waals surface area contributed by atoms with Crippen molar-refractivity contribution in [2.45, 2.75) is 19.4 Å². The zero-order chi connectivity index (χ0) is 13.8. The van der Waals surface area contributed by atoms with E-state index in [4.69, 9.17) is 11.6 Å². The first-order valence-electron chi connectivity index (χ1n) is 5.71. The Labute approximate surface area is 120 Å². The lowest BCUT2D eigenvalue weighted by Gasteiger charge is -2.12. The minimum atomic E-state index is -0.302. The third-order valence-electron chi connectivity index (χ3n) is 2.75. The number of hydrogen-bond donors (Lipinski definition) is 2. The second kappa shape index (κ2) is 6.14. The van der Waals surface area contributed by atoms with Gasteiger partial charge in [0.1, 0.15) is 0 Å². The number of amides is 1. The minimum absolute atomic E-state index is 0.142. The number of hydrogen-bond acceptors (Lipinski definition) is 4. The molecular weight excluding hydrogens is 284 g/mol. The number of anilines is 1. The number of rotatable bonds is 4. The van der Waals surface area contributed by atoms with Gasteiger partial charge in [-0.3, -0.25) is 9.78 Å². The van der Waals surface area contributed by atoms with Crippen LogP contribution in [-0.2, 0) is 11.4 Å². The van der Waals surface area contributed by atoms with Gasteiger partial charge in [-0.2, -0.15) is 0 Å². The summed E-state index contributed by atoms with van der Waals surface area (Å²) < 4.78 is 0.659. The summed E-state index contributed by atoms with van der Waals surface area (Å²) >= 11 is 7.25. The molecule has 0 aliphatic rings. The van der Waals surface area contributed by atoms with E-state index in [0.717, 1.165) is 4.88 Å². The number of aromatic nitrogens is 1. The topological polar surface area (TPSA) is 62.2 Å². The average Bonchev–Trinajstić information content (AvgIpc) is 2.85. The highest BCUT2D eigenvalue weighted by Crippen LogP contribution is 2.29. The van der Waals surface area contributed by atoms with Crippen LogP contribution in [0.15, 0.2) is 30.6 Å². The highest BCUT2D eigenvalue weighted by Gasteiger charge is 2.18. The van der Waals surface area contributed by atoms with Crippen molar-refractivity contribution in [2.75, 3.05) is 5.32 Å². The lowest BCUT2D eigenvalue weighted by atomic mass is 10.1. The van der Waals surface area contributed by atoms with Gasteiger partial charge < -0.3 is 10.4 Å². The Balaban J connectivity index is 2.12. The van der Waals surface area contributed by atoms with Crippen LogP contribution >= 0.6 is 22.9 Å². The summed E-state index contributed by atoms with van der Waals surface area (Å²) in [5, 5.41) is 12.0. The van der Waals surface area contributed by atoms with Crippen LogP contribution in [0.5, 0.6) is 0 Å². The van der Waals surface area contributed by atoms with E-state index in [1.807, 2.05) is 13.0 Å². The highest BCUT2D eigenvalue weighted by atomic mass is 35.5. The summed E-state index contributed by atoms with van der Waals surface area (Å²) in [5.41, 5.74) is 1.17. The van der Waals surface area contributed by atoms with Crippen LogP contribution in [0, 0.1) is 0 Å². The fraction of sp³-hybridized carbons (Fsp3) is 0.231. The fourth-order valence-electron chi connectivity index (χ4n) is 1.60. The van der Waals surface area contributed by atoms with E-state index >= 15 is 0 Å². The van der Waals surface area contributed by atoms with Gasteiger partial charge in [-0.1, -0.05) is 11.6 Å². The van der Waals surface area contributed by atoms with E-state index in [2.05, 4.69) is 10.3 Å². The van der Waals surface area contributed by atoms with Gasteiger partial charge in [0.15, 0.2) is 0 Å². The Hall–Kier alpha value is -1.43. The lowest BCUT2D eigenvalue weighted by Crippen LogP contribution is -2.19. The Morgan fingerprint density at radius 2 is 2.32 bits per heavy atom. The largest absolute Gasteiger partial charge is 0.392 e. The van der Waals surface area contributed by atoms with Gasteiger partial charge >= 0.3 is 0 Å². The van der Waals surface area contributed by atoms with E-state index in [9.17, 15) is 9.90 Å². The Bertz CT molecular complexity index is 586. The summed E-state index contributed by atoms with van der Waals surface area (Å²) in [6, 6.07) is 5.28. The van der Waals surface area contributed by atoms with Crippen LogP contribution in [0.25, 0.3) is 0 Å². The van der Waals surface area contributed by atoms with E-state index in [1.165, 1.54) is 17.5 Å². The number of halogens is 1. The predicted octanol–water partition coefficient (Wildman–Crippen LogP) is 3.03. The van der Waals surface area contributed by atoms with E-state index in [0.29, 0.717) is 15.6 Å². The molecule has 100 valence electrons. The van der Waals surface area contributed by atoms with Gasteiger partial charge in [-0.15, -0.1) is 11.3 Å². The van der Waals surface area contributed by atoms with Gasteiger partial charge in [0, 0.05) is 16.6 Å². The molecule has 2 aromatic heterocycles. The van der Waals surface area contributed by atoms with Crippen molar-refractivity contribution in [3.8, 4) is 0 Å². The van der Waals surface area contributed by atoms with Crippen molar-refractivity contribution in [3.63, 3.8) is 0 Å². The summed E-state index contributed by atoms with van der Waals surface area (Å²) in [7, 11) is 0. The van der Waals surface area contributed by atoms with Crippen molar-refractivity contribution in [1.82, 2.24) is 4.98 Å². The molecule has 19 heavy (non-hydrogen) atoms. The van der Waals surface area contributed by atoms with Gasteiger partial charge in [-0.05, 0) is 25.1 Å². The molecule has 0 radical (unpaired) electrons. The van der Waals surface area contributed by atoms with Crippen molar-refractivity contribution in [2.24, 2.45) is 0 Å². The lowest BCUT2D eigenvalue weighted by molar-refractivity contribution is -0.117. The third kappa shape index (κ3) is 3.32. The summed E-state index contributed by atoms with van der Waals surface area (Å²) in [5.74, 6) is -0.453. The molecule has 1 unspecified atom stereocenters. The summed E-state index contributed by atoms with van der Waals surface area (Å²) in [6.45, 7) is 1.67. The fourth-order valence-corrected chi connectivity index (χ4v) is 2.72. The number of carbonyl (C=O) groups excluding carboxylic acids is 1. The molecule has 2 N–H and O–H groups in total. The zero-order valence-electron chi connectivity index (χ0n) is 10.3. The van der Waals surface area contributed by atoms with Crippen LogP contribution in [0.1, 0.15) is 23.3 Å². The second-order valence-corrected chi connectivity index (χ2v) is 5.79. The first kappa shape index (κ1) is 14.0. The van der Waals surface area contributed by atoms with Gasteiger partial charge in [-0.25, -0.2) is 0 Å². The molecule has 1 atom stereocenters.